The van der Waals surface area contributed by atoms with Crippen LogP contribution in [-0.4, -0.2) is 23.3 Å². The number of nitrogens with one attached hydrogen (secondary N) is 1. The Bertz CT molecular complexity index is 695. The maximum Gasteiger partial charge on any atom is 0.334 e. The number of urea groups is 1. The largest absolute Gasteiger partial charge is 0.334 e. The Morgan fingerprint density at radius 1 is 1.09 bits per heavy atom. The Balaban J connectivity index is 2.00. The van der Waals surface area contributed by atoms with Gasteiger partial charge < -0.3 is 0 Å². The Hall–Kier alpha value is -1.69. The number of imide groups is 1. The molecular weight excluding hydrogens is 343 g/mol. The number of carbonyl (C=O) groups excluding carboxylic acids is 2. The van der Waals surface area contributed by atoms with E-state index in [0.717, 1.165) is 4.90 Å². The van der Waals surface area contributed by atoms with Gasteiger partial charge in [0.1, 0.15) is 0 Å². The molecule has 0 aliphatic rings. The molecule has 22 heavy (non-hydrogen) atoms. The summed E-state index contributed by atoms with van der Waals surface area (Å²) in [6.45, 7) is 0. The molecule has 0 unspecified atom stereocenters. The van der Waals surface area contributed by atoms with Crippen LogP contribution in [0, 0.1) is 0 Å². The fraction of sp³-hybridized carbons (Fsp3) is 0.0667. The third-order valence-corrected chi connectivity index (χ3v) is 4.14. The van der Waals surface area contributed by atoms with Crippen molar-refractivity contribution in [2.24, 2.45) is 0 Å². The summed E-state index contributed by atoms with van der Waals surface area (Å²) in [6.07, 6.45) is 0. The minimum atomic E-state index is -0.577. The van der Waals surface area contributed by atoms with Crippen LogP contribution in [0.3, 0.4) is 0 Å². The van der Waals surface area contributed by atoms with Crippen molar-refractivity contribution in [3.63, 3.8) is 0 Å². The number of carbonyl (C=O) groups is 2. The molecule has 0 spiro atoms. The second-order valence-electron chi connectivity index (χ2n) is 4.29. The second-order valence-corrected chi connectivity index (χ2v) is 6.33. The van der Waals surface area contributed by atoms with Crippen molar-refractivity contribution < 1.29 is 9.59 Å². The van der Waals surface area contributed by atoms with Gasteiger partial charge >= 0.3 is 6.03 Å². The molecule has 114 valence electrons. The molecule has 2 aromatic rings. The minimum absolute atomic E-state index is 0.191. The van der Waals surface area contributed by atoms with Gasteiger partial charge in [-0.2, -0.15) is 0 Å². The summed E-state index contributed by atoms with van der Waals surface area (Å²) in [5.74, 6) is -0.577. The summed E-state index contributed by atoms with van der Waals surface area (Å²) in [5.41, 5.74) is 0.192. The highest BCUT2D eigenvalue weighted by Gasteiger charge is 2.17. The maximum atomic E-state index is 12.0. The number of hydrogen-bond donors (Lipinski definition) is 1. The number of amides is 3. The van der Waals surface area contributed by atoms with E-state index in [1.54, 1.807) is 7.05 Å². The van der Waals surface area contributed by atoms with E-state index in [1.165, 1.54) is 34.5 Å². The fourth-order valence-electron chi connectivity index (χ4n) is 1.60. The maximum absolute atomic E-state index is 12.0. The zero-order chi connectivity index (χ0) is 16.1. The summed E-state index contributed by atoms with van der Waals surface area (Å²) in [7, 11) is 1.57. The molecule has 0 heterocycles. The van der Waals surface area contributed by atoms with Crippen molar-refractivity contribution in [3.8, 4) is 0 Å². The minimum Gasteiger partial charge on any atom is -0.273 e. The monoisotopic (exact) mass is 354 g/mol. The van der Waals surface area contributed by atoms with E-state index in [9.17, 15) is 9.59 Å². The van der Waals surface area contributed by atoms with E-state index in [-0.39, 0.29) is 10.6 Å². The van der Waals surface area contributed by atoms with Crippen LogP contribution in [0.4, 0.5) is 4.79 Å². The number of rotatable bonds is 3. The van der Waals surface area contributed by atoms with Crippen LogP contribution in [0.2, 0.25) is 10.0 Å². The smallest absolute Gasteiger partial charge is 0.273 e. The predicted octanol–water partition coefficient (Wildman–Crippen LogP) is 4.48. The summed E-state index contributed by atoms with van der Waals surface area (Å²) < 4.78 is 1.33. The molecule has 2 aromatic carbocycles. The van der Waals surface area contributed by atoms with Gasteiger partial charge in [-0.15, -0.1) is 0 Å². The summed E-state index contributed by atoms with van der Waals surface area (Å²) >= 11 is 12.9. The lowest BCUT2D eigenvalue weighted by molar-refractivity contribution is 0.0961. The number of hydrogen-bond acceptors (Lipinski definition) is 3. The van der Waals surface area contributed by atoms with Crippen LogP contribution in [0.15, 0.2) is 53.4 Å². The molecule has 0 aliphatic heterocycles. The summed E-state index contributed by atoms with van der Waals surface area (Å²) in [6, 6.07) is 13.3. The highest BCUT2D eigenvalue weighted by atomic mass is 35.5. The molecule has 0 bridgehead atoms. The quantitative estimate of drug-likeness (QED) is 0.826. The highest BCUT2D eigenvalue weighted by molar-refractivity contribution is 7.97. The zero-order valence-corrected chi connectivity index (χ0v) is 13.9. The third-order valence-electron chi connectivity index (χ3n) is 2.67. The van der Waals surface area contributed by atoms with Gasteiger partial charge in [0.25, 0.3) is 5.91 Å². The first-order chi connectivity index (χ1) is 10.5. The fourth-order valence-corrected chi connectivity index (χ4v) is 2.82. The van der Waals surface area contributed by atoms with Crippen molar-refractivity contribution in [1.29, 1.82) is 0 Å². The van der Waals surface area contributed by atoms with Crippen LogP contribution in [0.25, 0.3) is 0 Å². The number of halogens is 2. The summed E-state index contributed by atoms with van der Waals surface area (Å²) in [4.78, 5) is 24.9. The predicted molar refractivity (Wildman–Crippen MR) is 89.4 cm³/mol. The molecule has 2 rings (SSSR count). The van der Waals surface area contributed by atoms with Gasteiger partial charge in [-0.1, -0.05) is 41.4 Å². The van der Waals surface area contributed by atoms with Crippen LogP contribution in [0.1, 0.15) is 10.4 Å². The third kappa shape index (κ3) is 4.40. The van der Waals surface area contributed by atoms with Crippen LogP contribution in [0.5, 0.6) is 0 Å². The van der Waals surface area contributed by atoms with Gasteiger partial charge in [0.05, 0.1) is 10.6 Å². The molecular formula is C15H12Cl2N2O2S. The Morgan fingerprint density at radius 2 is 1.77 bits per heavy atom. The molecule has 0 fully saturated rings. The van der Waals surface area contributed by atoms with Crippen molar-refractivity contribution in [2.75, 3.05) is 7.05 Å². The second kappa shape index (κ2) is 7.54. The average molecular weight is 355 g/mol. The summed E-state index contributed by atoms with van der Waals surface area (Å²) in [5, 5.41) is 2.89. The van der Waals surface area contributed by atoms with Crippen molar-refractivity contribution in [3.05, 3.63) is 64.1 Å². The lowest BCUT2D eigenvalue weighted by atomic mass is 10.2. The molecule has 0 saturated carbocycles. The highest BCUT2D eigenvalue weighted by Crippen LogP contribution is 2.22. The normalized spacial score (nSPS) is 10.1. The molecule has 0 radical (unpaired) electrons. The van der Waals surface area contributed by atoms with Gasteiger partial charge in [-0.05, 0) is 42.3 Å². The van der Waals surface area contributed by atoms with Gasteiger partial charge in [0, 0.05) is 17.0 Å². The van der Waals surface area contributed by atoms with Crippen molar-refractivity contribution in [2.45, 2.75) is 4.90 Å². The lowest BCUT2D eigenvalue weighted by Gasteiger charge is -2.16. The Morgan fingerprint density at radius 3 is 2.41 bits per heavy atom. The van der Waals surface area contributed by atoms with Crippen LogP contribution < -0.4 is 5.32 Å². The molecule has 3 amide bonds. The Kier molecular flexibility index (Phi) is 5.71. The van der Waals surface area contributed by atoms with Gasteiger partial charge in [0.2, 0.25) is 0 Å². The lowest BCUT2D eigenvalue weighted by Crippen LogP contribution is -2.37. The Labute approximate surface area is 142 Å². The first kappa shape index (κ1) is 16.7. The van der Waals surface area contributed by atoms with E-state index in [1.807, 2.05) is 30.3 Å². The molecule has 0 aromatic heterocycles. The van der Waals surface area contributed by atoms with E-state index < -0.39 is 11.9 Å². The molecule has 0 aliphatic carbocycles. The van der Waals surface area contributed by atoms with Gasteiger partial charge in [-0.25, -0.2) is 4.79 Å². The molecule has 1 N–H and O–H groups in total. The van der Waals surface area contributed by atoms with Crippen molar-refractivity contribution in [1.82, 2.24) is 9.62 Å². The van der Waals surface area contributed by atoms with Gasteiger partial charge in [0.15, 0.2) is 0 Å². The first-order valence-electron chi connectivity index (χ1n) is 6.24. The van der Waals surface area contributed by atoms with Crippen LogP contribution >= 0.6 is 35.1 Å². The first-order valence-corrected chi connectivity index (χ1v) is 7.77. The van der Waals surface area contributed by atoms with Crippen LogP contribution in [-0.2, 0) is 0 Å². The van der Waals surface area contributed by atoms with E-state index >= 15 is 0 Å². The average Bonchev–Trinajstić information content (AvgIpc) is 2.47. The number of nitrogens with zero attached hydrogens (tertiary/aromatic N) is 1. The van der Waals surface area contributed by atoms with E-state index in [0.29, 0.717) is 5.02 Å². The molecule has 0 saturated heterocycles. The topological polar surface area (TPSA) is 49.4 Å². The van der Waals surface area contributed by atoms with E-state index in [2.05, 4.69) is 5.32 Å². The molecule has 0 atom stereocenters. The molecule has 7 heteroatoms. The van der Waals surface area contributed by atoms with Crippen molar-refractivity contribution >= 4 is 47.1 Å². The standard InChI is InChI=1S/C15H12Cl2N2O2S/c1-19(22-11-5-3-2-4-6-11)15(21)18-14(20)12-8-7-10(16)9-13(12)17/h2-9H,1H3,(H,18,20,21). The van der Waals surface area contributed by atoms with E-state index in [4.69, 9.17) is 23.2 Å². The number of benzene rings is 2. The molecule has 4 nitrogen and oxygen atoms in total. The van der Waals surface area contributed by atoms with Gasteiger partial charge in [-0.3, -0.25) is 14.4 Å². The zero-order valence-electron chi connectivity index (χ0n) is 11.5. The SMILES string of the molecule is CN(Sc1ccccc1)C(=O)NC(=O)c1ccc(Cl)cc1Cl.